The van der Waals surface area contributed by atoms with Crippen LogP contribution >= 0.6 is 11.6 Å². The largest absolute Gasteiger partial charge is 0.118 e. The van der Waals surface area contributed by atoms with E-state index in [1.54, 1.807) is 0 Å². The molecule has 0 N–H and O–H groups in total. The molecule has 1 aromatic rings. The summed E-state index contributed by atoms with van der Waals surface area (Å²) in [6.07, 6.45) is 3.42. The minimum atomic E-state index is 0.172. The number of alkyl halides is 1. The van der Waals surface area contributed by atoms with Crippen LogP contribution in [0, 0.1) is 11.8 Å². The van der Waals surface area contributed by atoms with Gasteiger partial charge in [-0.05, 0) is 42.2 Å². The lowest BCUT2D eigenvalue weighted by atomic mass is 9.98. The Hall–Kier alpha value is -0.490. The van der Waals surface area contributed by atoms with Gasteiger partial charge in [0.1, 0.15) is 0 Å². The molecule has 17 heavy (non-hydrogen) atoms. The van der Waals surface area contributed by atoms with Crippen molar-refractivity contribution in [1.29, 1.82) is 0 Å². The van der Waals surface area contributed by atoms with Crippen LogP contribution < -0.4 is 0 Å². The van der Waals surface area contributed by atoms with E-state index < -0.39 is 0 Å². The van der Waals surface area contributed by atoms with Crippen LogP contribution in [0.5, 0.6) is 0 Å². The second kappa shape index (κ2) is 7.06. The first-order valence-corrected chi connectivity index (χ1v) is 7.15. The van der Waals surface area contributed by atoms with Gasteiger partial charge in [0.25, 0.3) is 0 Å². The van der Waals surface area contributed by atoms with Gasteiger partial charge in [-0.25, -0.2) is 0 Å². The summed E-state index contributed by atoms with van der Waals surface area (Å²) in [5.74, 6) is 1.45. The molecule has 1 unspecified atom stereocenters. The van der Waals surface area contributed by atoms with Gasteiger partial charge in [0.15, 0.2) is 0 Å². The van der Waals surface area contributed by atoms with Crippen molar-refractivity contribution >= 4 is 11.6 Å². The fourth-order valence-corrected chi connectivity index (χ4v) is 2.25. The molecule has 1 rings (SSSR count). The van der Waals surface area contributed by atoms with Crippen LogP contribution in [0.1, 0.15) is 57.0 Å². The summed E-state index contributed by atoms with van der Waals surface area (Å²) in [6, 6.07) is 8.82. The van der Waals surface area contributed by atoms with E-state index in [9.17, 15) is 0 Å². The number of halogens is 1. The Balaban J connectivity index is 2.54. The highest BCUT2D eigenvalue weighted by Gasteiger charge is 2.08. The van der Waals surface area contributed by atoms with Gasteiger partial charge in [-0.15, -0.1) is 11.6 Å². The smallest absolute Gasteiger partial charge is 0.0585 e. The maximum Gasteiger partial charge on any atom is 0.0585 e. The van der Waals surface area contributed by atoms with E-state index >= 15 is 0 Å². The number of rotatable bonds is 6. The average Bonchev–Trinajstić information content (AvgIpc) is 2.26. The van der Waals surface area contributed by atoms with Crippen LogP contribution in [0.3, 0.4) is 0 Å². The molecule has 0 heterocycles. The van der Waals surface area contributed by atoms with Gasteiger partial charge >= 0.3 is 0 Å². The molecule has 0 bridgehead atoms. The van der Waals surface area contributed by atoms with E-state index in [-0.39, 0.29) is 5.38 Å². The lowest BCUT2D eigenvalue weighted by molar-refractivity contribution is 0.549. The minimum absolute atomic E-state index is 0.172. The van der Waals surface area contributed by atoms with Crippen molar-refractivity contribution in [2.45, 2.75) is 52.3 Å². The molecule has 96 valence electrons. The summed E-state index contributed by atoms with van der Waals surface area (Å²) in [5.41, 5.74) is 2.68. The highest BCUT2D eigenvalue weighted by atomic mass is 35.5. The molecule has 0 amide bonds. The second-order valence-corrected chi connectivity index (χ2v) is 6.31. The first kappa shape index (κ1) is 14.6. The molecule has 0 radical (unpaired) electrons. The van der Waals surface area contributed by atoms with Gasteiger partial charge in [-0.3, -0.25) is 0 Å². The Labute approximate surface area is 111 Å². The van der Waals surface area contributed by atoms with E-state index in [0.29, 0.717) is 5.92 Å². The molecular weight excluding hydrogens is 228 g/mol. The Morgan fingerprint density at radius 1 is 0.882 bits per heavy atom. The standard InChI is InChI=1S/C16H25Cl/c1-12(2)5-10-16(17)15-8-6-14(7-9-15)11-13(3)4/h6-9,12-13,16H,5,10-11H2,1-4H3. The molecule has 1 heteroatoms. The van der Waals surface area contributed by atoms with E-state index in [2.05, 4.69) is 52.0 Å². The lowest BCUT2D eigenvalue weighted by Crippen LogP contribution is -1.97. The van der Waals surface area contributed by atoms with Crippen molar-refractivity contribution in [3.8, 4) is 0 Å². The molecule has 1 aromatic carbocycles. The van der Waals surface area contributed by atoms with Crippen LogP contribution in [0.15, 0.2) is 24.3 Å². The Morgan fingerprint density at radius 3 is 1.94 bits per heavy atom. The fraction of sp³-hybridized carbons (Fsp3) is 0.625. The normalized spacial score (nSPS) is 13.4. The Bertz CT molecular complexity index is 311. The number of hydrogen-bond acceptors (Lipinski definition) is 0. The van der Waals surface area contributed by atoms with Gasteiger partial charge in [0.05, 0.1) is 5.38 Å². The van der Waals surface area contributed by atoms with Crippen molar-refractivity contribution < 1.29 is 0 Å². The van der Waals surface area contributed by atoms with Gasteiger partial charge < -0.3 is 0 Å². The molecule has 0 saturated heterocycles. The molecule has 0 fully saturated rings. The third-order valence-corrected chi connectivity index (χ3v) is 3.45. The Kier molecular flexibility index (Phi) is 6.05. The van der Waals surface area contributed by atoms with E-state index in [1.807, 2.05) is 0 Å². The van der Waals surface area contributed by atoms with Crippen LogP contribution in [0.25, 0.3) is 0 Å². The van der Waals surface area contributed by atoms with Crippen molar-refractivity contribution in [1.82, 2.24) is 0 Å². The van der Waals surface area contributed by atoms with Gasteiger partial charge in [-0.1, -0.05) is 52.0 Å². The number of hydrogen-bond donors (Lipinski definition) is 0. The molecule has 0 aliphatic carbocycles. The quantitative estimate of drug-likeness (QED) is 0.578. The molecule has 0 aliphatic rings. The third kappa shape index (κ3) is 5.59. The van der Waals surface area contributed by atoms with E-state index in [1.165, 1.54) is 17.5 Å². The molecule has 0 aromatic heterocycles. The maximum atomic E-state index is 6.41. The third-order valence-electron chi connectivity index (χ3n) is 2.98. The molecule has 0 spiro atoms. The van der Waals surface area contributed by atoms with Crippen LogP contribution in [-0.2, 0) is 6.42 Å². The second-order valence-electron chi connectivity index (χ2n) is 5.78. The highest BCUT2D eigenvalue weighted by Crippen LogP contribution is 2.27. The first-order valence-electron chi connectivity index (χ1n) is 6.72. The average molecular weight is 253 g/mol. The zero-order valence-corrected chi connectivity index (χ0v) is 12.3. The molecule has 0 nitrogen and oxygen atoms in total. The SMILES string of the molecule is CC(C)CCC(Cl)c1ccc(CC(C)C)cc1. The van der Waals surface area contributed by atoms with Crippen molar-refractivity contribution in [3.05, 3.63) is 35.4 Å². The van der Waals surface area contributed by atoms with Crippen LogP contribution in [-0.4, -0.2) is 0 Å². The molecule has 0 aliphatic heterocycles. The maximum absolute atomic E-state index is 6.41. The highest BCUT2D eigenvalue weighted by molar-refractivity contribution is 6.20. The van der Waals surface area contributed by atoms with Gasteiger partial charge in [0, 0.05) is 0 Å². The van der Waals surface area contributed by atoms with Crippen LogP contribution in [0.2, 0.25) is 0 Å². The summed E-state index contributed by atoms with van der Waals surface area (Å²) in [4.78, 5) is 0. The summed E-state index contributed by atoms with van der Waals surface area (Å²) in [5, 5.41) is 0.172. The zero-order chi connectivity index (χ0) is 12.8. The fourth-order valence-electron chi connectivity index (χ4n) is 1.98. The summed E-state index contributed by atoms with van der Waals surface area (Å²) >= 11 is 6.41. The lowest BCUT2D eigenvalue weighted by Gasteiger charge is -2.12. The topological polar surface area (TPSA) is 0 Å². The minimum Gasteiger partial charge on any atom is -0.118 e. The van der Waals surface area contributed by atoms with Crippen molar-refractivity contribution in [2.75, 3.05) is 0 Å². The molecular formula is C16H25Cl. The predicted molar refractivity (Wildman–Crippen MR) is 77.7 cm³/mol. The van der Waals surface area contributed by atoms with Crippen molar-refractivity contribution in [3.63, 3.8) is 0 Å². The predicted octanol–water partition coefficient (Wildman–Crippen LogP) is 5.60. The molecule has 0 saturated carbocycles. The van der Waals surface area contributed by atoms with Crippen LogP contribution in [0.4, 0.5) is 0 Å². The molecule has 1 atom stereocenters. The summed E-state index contributed by atoms with van der Waals surface area (Å²) in [7, 11) is 0. The van der Waals surface area contributed by atoms with Crippen molar-refractivity contribution in [2.24, 2.45) is 11.8 Å². The monoisotopic (exact) mass is 252 g/mol. The number of benzene rings is 1. The summed E-state index contributed by atoms with van der Waals surface area (Å²) < 4.78 is 0. The summed E-state index contributed by atoms with van der Waals surface area (Å²) in [6.45, 7) is 8.99. The van der Waals surface area contributed by atoms with E-state index in [4.69, 9.17) is 11.6 Å². The Morgan fingerprint density at radius 2 is 1.47 bits per heavy atom. The van der Waals surface area contributed by atoms with Gasteiger partial charge in [-0.2, -0.15) is 0 Å². The van der Waals surface area contributed by atoms with Gasteiger partial charge in [0.2, 0.25) is 0 Å². The zero-order valence-electron chi connectivity index (χ0n) is 11.5. The van der Waals surface area contributed by atoms with E-state index in [0.717, 1.165) is 18.8 Å². The first-order chi connectivity index (χ1) is 7.99.